The Morgan fingerprint density at radius 2 is 1.78 bits per heavy atom. The van der Waals surface area contributed by atoms with E-state index in [-0.39, 0.29) is 5.54 Å². The SMILES string of the molecule is CC1=CC(C)(C)N(C(C)C)c2cc(C)c(/C=C(\C#N)c3ccccc3)cc21. The fraction of sp³-hybridized carbons (Fsp3) is 0.320. The number of aryl methyl sites for hydroxylation is 1. The zero-order chi connectivity index (χ0) is 19.8. The van der Waals surface area contributed by atoms with Gasteiger partial charge in [-0.3, -0.25) is 0 Å². The number of hydrogen-bond acceptors (Lipinski definition) is 2. The van der Waals surface area contributed by atoms with Crippen molar-refractivity contribution in [1.29, 1.82) is 5.26 Å². The van der Waals surface area contributed by atoms with Gasteiger partial charge < -0.3 is 4.90 Å². The Labute approximate surface area is 163 Å². The first-order valence-electron chi connectivity index (χ1n) is 9.55. The van der Waals surface area contributed by atoms with E-state index in [9.17, 15) is 5.26 Å². The summed E-state index contributed by atoms with van der Waals surface area (Å²) in [5.74, 6) is 0. The highest BCUT2D eigenvalue weighted by molar-refractivity contribution is 5.92. The monoisotopic (exact) mass is 356 g/mol. The first kappa shape index (κ1) is 19.0. The van der Waals surface area contributed by atoms with Crippen LogP contribution in [0.5, 0.6) is 0 Å². The summed E-state index contributed by atoms with van der Waals surface area (Å²) in [5.41, 5.74) is 7.75. The number of fused-ring (bicyclic) bond motifs is 1. The molecule has 27 heavy (non-hydrogen) atoms. The highest BCUT2D eigenvalue weighted by atomic mass is 15.2. The van der Waals surface area contributed by atoms with Crippen LogP contribution in [0.25, 0.3) is 17.2 Å². The molecule has 0 unspecified atom stereocenters. The topological polar surface area (TPSA) is 27.0 Å². The second-order valence-electron chi connectivity index (χ2n) is 8.21. The van der Waals surface area contributed by atoms with Gasteiger partial charge in [0.1, 0.15) is 0 Å². The van der Waals surface area contributed by atoms with Crippen LogP contribution in [0.4, 0.5) is 5.69 Å². The van der Waals surface area contributed by atoms with E-state index in [0.717, 1.165) is 11.1 Å². The maximum absolute atomic E-state index is 9.67. The lowest BCUT2D eigenvalue weighted by molar-refractivity contribution is 0.507. The summed E-state index contributed by atoms with van der Waals surface area (Å²) in [4.78, 5) is 2.48. The third-order valence-corrected chi connectivity index (χ3v) is 5.28. The van der Waals surface area contributed by atoms with Crippen molar-refractivity contribution >= 4 is 22.9 Å². The number of anilines is 1. The van der Waals surface area contributed by atoms with Crippen LogP contribution in [0.15, 0.2) is 48.5 Å². The molecule has 0 spiro atoms. The molecule has 2 aromatic carbocycles. The molecule has 2 nitrogen and oxygen atoms in total. The molecular weight excluding hydrogens is 328 g/mol. The summed E-state index contributed by atoms with van der Waals surface area (Å²) >= 11 is 0. The van der Waals surface area contributed by atoms with Crippen LogP contribution in [-0.4, -0.2) is 11.6 Å². The Hall–Kier alpha value is -2.79. The number of benzene rings is 2. The van der Waals surface area contributed by atoms with Crippen LogP contribution in [0.3, 0.4) is 0 Å². The maximum Gasteiger partial charge on any atom is 0.0998 e. The highest BCUT2D eigenvalue weighted by Gasteiger charge is 2.33. The summed E-state index contributed by atoms with van der Waals surface area (Å²) in [6, 6.07) is 17.2. The van der Waals surface area contributed by atoms with Gasteiger partial charge in [0, 0.05) is 17.3 Å². The molecule has 1 heterocycles. The van der Waals surface area contributed by atoms with Gasteiger partial charge in [-0.05, 0) is 82.0 Å². The number of allylic oxidation sites excluding steroid dienone is 2. The second-order valence-corrected chi connectivity index (χ2v) is 8.21. The Morgan fingerprint density at radius 3 is 2.37 bits per heavy atom. The molecule has 0 aliphatic carbocycles. The van der Waals surface area contributed by atoms with Crippen LogP contribution >= 0.6 is 0 Å². The van der Waals surface area contributed by atoms with Gasteiger partial charge in [-0.1, -0.05) is 36.4 Å². The third kappa shape index (κ3) is 3.55. The molecule has 0 saturated carbocycles. The average molecular weight is 357 g/mol. The third-order valence-electron chi connectivity index (χ3n) is 5.28. The predicted molar refractivity (Wildman–Crippen MR) is 116 cm³/mol. The van der Waals surface area contributed by atoms with E-state index < -0.39 is 0 Å². The zero-order valence-electron chi connectivity index (χ0n) is 17.2. The molecule has 2 heteroatoms. The van der Waals surface area contributed by atoms with E-state index in [0.29, 0.717) is 11.6 Å². The molecule has 1 aliphatic heterocycles. The minimum Gasteiger partial charge on any atom is -0.360 e. The minimum atomic E-state index is -0.0170. The zero-order valence-corrected chi connectivity index (χ0v) is 17.2. The number of rotatable bonds is 3. The maximum atomic E-state index is 9.67. The largest absolute Gasteiger partial charge is 0.360 e. The molecule has 3 rings (SSSR count). The van der Waals surface area contributed by atoms with Gasteiger partial charge in [0.2, 0.25) is 0 Å². The summed E-state index contributed by atoms with van der Waals surface area (Å²) < 4.78 is 0. The predicted octanol–water partition coefficient (Wildman–Crippen LogP) is 6.47. The first-order valence-corrected chi connectivity index (χ1v) is 9.55. The van der Waals surface area contributed by atoms with Crippen LogP contribution in [0.1, 0.15) is 56.9 Å². The van der Waals surface area contributed by atoms with Crippen LogP contribution < -0.4 is 4.90 Å². The fourth-order valence-electron chi connectivity index (χ4n) is 4.26. The van der Waals surface area contributed by atoms with Gasteiger partial charge in [0.25, 0.3) is 0 Å². The summed E-state index contributed by atoms with van der Waals surface area (Å²) in [6.07, 6.45) is 4.36. The van der Waals surface area contributed by atoms with Crippen molar-refractivity contribution < 1.29 is 0 Å². The molecule has 0 bridgehead atoms. The van der Waals surface area contributed by atoms with E-state index in [2.05, 4.69) is 70.7 Å². The van der Waals surface area contributed by atoms with Crippen molar-refractivity contribution in [3.8, 4) is 6.07 Å². The van der Waals surface area contributed by atoms with Gasteiger partial charge in [0.05, 0.1) is 17.2 Å². The normalized spacial score (nSPS) is 16.0. The van der Waals surface area contributed by atoms with E-state index in [1.54, 1.807) is 0 Å². The van der Waals surface area contributed by atoms with E-state index in [1.807, 2.05) is 36.4 Å². The Kier molecular flexibility index (Phi) is 4.98. The molecule has 1 aliphatic rings. The van der Waals surface area contributed by atoms with E-state index >= 15 is 0 Å². The molecule has 0 amide bonds. The van der Waals surface area contributed by atoms with Crippen molar-refractivity contribution in [3.05, 3.63) is 70.8 Å². The van der Waals surface area contributed by atoms with Crippen molar-refractivity contribution in [3.63, 3.8) is 0 Å². The van der Waals surface area contributed by atoms with Gasteiger partial charge in [-0.2, -0.15) is 5.26 Å². The van der Waals surface area contributed by atoms with Crippen LogP contribution in [0.2, 0.25) is 0 Å². The standard InChI is InChI=1S/C25H28N2/c1-17(2)27-24-12-18(3)21(14-23(24)19(4)15-25(27,5)6)13-22(16-26)20-10-8-7-9-11-20/h7-15,17H,1-6H3/b22-13+. The lowest BCUT2D eigenvalue weighted by Crippen LogP contribution is -2.49. The van der Waals surface area contributed by atoms with Gasteiger partial charge in [-0.15, -0.1) is 0 Å². The molecule has 0 radical (unpaired) electrons. The number of nitrogens with zero attached hydrogens (tertiary/aromatic N) is 2. The van der Waals surface area contributed by atoms with Crippen molar-refractivity contribution in [2.24, 2.45) is 0 Å². The summed E-state index contributed by atoms with van der Waals surface area (Å²) in [6.45, 7) is 13.3. The fourth-order valence-corrected chi connectivity index (χ4v) is 4.26. The molecule has 138 valence electrons. The van der Waals surface area contributed by atoms with E-state index in [1.165, 1.54) is 22.4 Å². The van der Waals surface area contributed by atoms with Gasteiger partial charge in [-0.25, -0.2) is 0 Å². The molecule has 0 aromatic heterocycles. The second kappa shape index (κ2) is 7.08. The minimum absolute atomic E-state index is 0.0170. The molecular formula is C25H28N2. The van der Waals surface area contributed by atoms with Crippen molar-refractivity contribution in [2.75, 3.05) is 4.90 Å². The first-order chi connectivity index (χ1) is 12.7. The van der Waals surface area contributed by atoms with Crippen LogP contribution in [0, 0.1) is 18.3 Å². The van der Waals surface area contributed by atoms with Gasteiger partial charge in [0.15, 0.2) is 0 Å². The Bertz CT molecular complexity index is 954. The van der Waals surface area contributed by atoms with Crippen LogP contribution in [-0.2, 0) is 0 Å². The Morgan fingerprint density at radius 1 is 1.11 bits per heavy atom. The smallest absolute Gasteiger partial charge is 0.0998 e. The number of hydrogen-bond donors (Lipinski definition) is 0. The molecule has 0 saturated heterocycles. The number of nitriles is 1. The van der Waals surface area contributed by atoms with Crippen molar-refractivity contribution in [2.45, 2.75) is 53.1 Å². The lowest BCUT2D eigenvalue weighted by atomic mass is 9.85. The molecule has 0 N–H and O–H groups in total. The Balaban J connectivity index is 2.16. The average Bonchev–Trinajstić information content (AvgIpc) is 2.60. The quantitative estimate of drug-likeness (QED) is 0.465. The van der Waals surface area contributed by atoms with E-state index in [4.69, 9.17) is 0 Å². The lowest BCUT2D eigenvalue weighted by Gasteiger charge is -2.46. The summed E-state index contributed by atoms with van der Waals surface area (Å²) in [7, 11) is 0. The summed E-state index contributed by atoms with van der Waals surface area (Å²) in [5, 5.41) is 9.67. The highest BCUT2D eigenvalue weighted by Crippen LogP contribution is 2.41. The molecule has 0 fully saturated rings. The van der Waals surface area contributed by atoms with Gasteiger partial charge >= 0.3 is 0 Å². The molecule has 0 atom stereocenters. The van der Waals surface area contributed by atoms with Crippen molar-refractivity contribution in [1.82, 2.24) is 0 Å². The molecule has 2 aromatic rings.